The Morgan fingerprint density at radius 2 is 1.88 bits per heavy atom. The van der Waals surface area contributed by atoms with Crippen molar-refractivity contribution in [2.24, 2.45) is 0 Å². The van der Waals surface area contributed by atoms with Crippen molar-refractivity contribution in [1.82, 2.24) is 5.32 Å². The molecule has 0 radical (unpaired) electrons. The summed E-state index contributed by atoms with van der Waals surface area (Å²) >= 11 is 0. The lowest BCUT2D eigenvalue weighted by Gasteiger charge is -2.14. The fourth-order valence-electron chi connectivity index (χ4n) is 1.58. The van der Waals surface area contributed by atoms with Crippen molar-refractivity contribution in [3.8, 4) is 0 Å². The third-order valence-corrected chi connectivity index (χ3v) is 2.71. The van der Waals surface area contributed by atoms with E-state index in [4.69, 9.17) is 0 Å². The molecule has 1 N–H and O–H groups in total. The summed E-state index contributed by atoms with van der Waals surface area (Å²) in [6.45, 7) is 0. The van der Waals surface area contributed by atoms with Gasteiger partial charge in [0.05, 0.1) is 7.11 Å². The molecule has 0 saturated heterocycles. The number of nitrogens with one attached hydrogen (secondary N) is 1. The normalized spacial score (nSPS) is 16.3. The summed E-state index contributed by atoms with van der Waals surface area (Å²) in [6, 6.07) is 8.83. The maximum Gasteiger partial charge on any atom is 0.331 e. The third-order valence-electron chi connectivity index (χ3n) is 2.71. The average molecular weight is 219 g/mol. The number of rotatable bonds is 3. The minimum absolute atomic E-state index is 0.233. The molecule has 0 aromatic heterocycles. The van der Waals surface area contributed by atoms with Gasteiger partial charge in [0.15, 0.2) is 0 Å². The van der Waals surface area contributed by atoms with Crippen molar-refractivity contribution in [2.75, 3.05) is 7.11 Å². The van der Waals surface area contributed by atoms with Crippen LogP contribution in [0.2, 0.25) is 0 Å². The number of ether oxygens (including phenoxy) is 1. The molecule has 0 heterocycles. The average Bonchev–Trinajstić information content (AvgIpc) is 3.10. The molecular formula is C12H13NO3. The first-order valence-corrected chi connectivity index (χ1v) is 5.14. The molecule has 4 heteroatoms. The van der Waals surface area contributed by atoms with Gasteiger partial charge < -0.3 is 10.1 Å². The minimum Gasteiger partial charge on any atom is -0.467 e. The molecule has 1 aromatic rings. The Hall–Kier alpha value is -1.84. The summed E-state index contributed by atoms with van der Waals surface area (Å²) in [5, 5.41) is 2.72. The molecule has 1 aliphatic rings. The molecule has 0 aliphatic heterocycles. The molecule has 4 nitrogen and oxygen atoms in total. The number of carbonyl (C=O) groups is 2. The van der Waals surface area contributed by atoms with Crippen LogP contribution in [0.5, 0.6) is 0 Å². The summed E-state index contributed by atoms with van der Waals surface area (Å²) in [4.78, 5) is 23.2. The summed E-state index contributed by atoms with van der Waals surface area (Å²) in [7, 11) is 1.33. The molecule has 1 aliphatic carbocycles. The zero-order valence-electron chi connectivity index (χ0n) is 9.03. The Morgan fingerprint density at radius 1 is 1.25 bits per heavy atom. The van der Waals surface area contributed by atoms with Gasteiger partial charge >= 0.3 is 5.97 Å². The molecule has 16 heavy (non-hydrogen) atoms. The van der Waals surface area contributed by atoms with Crippen molar-refractivity contribution in [3.63, 3.8) is 0 Å². The van der Waals surface area contributed by atoms with E-state index in [0.29, 0.717) is 18.4 Å². The highest BCUT2D eigenvalue weighted by Crippen LogP contribution is 2.36. The molecule has 84 valence electrons. The van der Waals surface area contributed by atoms with Crippen LogP contribution in [0.1, 0.15) is 23.2 Å². The Kier molecular flexibility index (Phi) is 2.64. The van der Waals surface area contributed by atoms with Crippen LogP contribution in [0, 0.1) is 0 Å². The van der Waals surface area contributed by atoms with Crippen LogP contribution in [-0.4, -0.2) is 24.5 Å². The maximum absolute atomic E-state index is 11.8. The zero-order valence-corrected chi connectivity index (χ0v) is 9.03. The van der Waals surface area contributed by atoms with Gasteiger partial charge in [-0.05, 0) is 25.0 Å². The molecule has 1 aromatic carbocycles. The van der Waals surface area contributed by atoms with E-state index in [1.807, 2.05) is 6.07 Å². The first kappa shape index (κ1) is 10.7. The van der Waals surface area contributed by atoms with Gasteiger partial charge in [-0.25, -0.2) is 4.79 Å². The number of amides is 1. The molecule has 0 atom stereocenters. The standard InChI is InChI=1S/C12H13NO3/c1-16-11(15)12(7-8-12)13-10(14)9-5-3-2-4-6-9/h2-6H,7-8H2,1H3,(H,13,14). The van der Waals surface area contributed by atoms with E-state index in [-0.39, 0.29) is 11.9 Å². The first-order valence-electron chi connectivity index (χ1n) is 5.14. The fourth-order valence-corrected chi connectivity index (χ4v) is 1.58. The monoisotopic (exact) mass is 219 g/mol. The maximum atomic E-state index is 11.8. The largest absolute Gasteiger partial charge is 0.467 e. The van der Waals surface area contributed by atoms with E-state index in [0.717, 1.165) is 0 Å². The molecule has 1 saturated carbocycles. The van der Waals surface area contributed by atoms with Gasteiger partial charge in [-0.3, -0.25) is 4.79 Å². The molecule has 1 fully saturated rings. The highest BCUT2D eigenvalue weighted by molar-refractivity contribution is 5.99. The van der Waals surface area contributed by atoms with Gasteiger partial charge in [-0.1, -0.05) is 18.2 Å². The number of methoxy groups -OCH3 is 1. The highest BCUT2D eigenvalue weighted by Gasteiger charge is 2.52. The van der Waals surface area contributed by atoms with Crippen LogP contribution in [-0.2, 0) is 9.53 Å². The first-order chi connectivity index (χ1) is 7.68. The summed E-state index contributed by atoms with van der Waals surface area (Å²) in [5.74, 6) is -0.597. The van der Waals surface area contributed by atoms with Crippen LogP contribution in [0.3, 0.4) is 0 Å². The van der Waals surface area contributed by atoms with Crippen molar-refractivity contribution >= 4 is 11.9 Å². The third kappa shape index (κ3) is 1.91. The number of esters is 1. The van der Waals surface area contributed by atoms with Gasteiger partial charge in [0.1, 0.15) is 5.54 Å². The van der Waals surface area contributed by atoms with Crippen molar-refractivity contribution < 1.29 is 14.3 Å². The molecule has 2 rings (SSSR count). The molecule has 1 amide bonds. The summed E-state index contributed by atoms with van der Waals surface area (Å²) < 4.78 is 4.66. The second-order valence-corrected chi connectivity index (χ2v) is 3.89. The van der Waals surface area contributed by atoms with Crippen LogP contribution >= 0.6 is 0 Å². The van der Waals surface area contributed by atoms with Crippen LogP contribution in [0.25, 0.3) is 0 Å². The Morgan fingerprint density at radius 3 is 2.38 bits per heavy atom. The molecule has 0 unspecified atom stereocenters. The van der Waals surface area contributed by atoms with Crippen LogP contribution in [0.4, 0.5) is 0 Å². The lowest BCUT2D eigenvalue weighted by atomic mass is 10.2. The van der Waals surface area contributed by atoms with Gasteiger partial charge in [0.2, 0.25) is 0 Å². The van der Waals surface area contributed by atoms with E-state index in [1.165, 1.54) is 7.11 Å². The highest BCUT2D eigenvalue weighted by atomic mass is 16.5. The Balaban J connectivity index is 2.06. The van der Waals surface area contributed by atoms with Crippen LogP contribution < -0.4 is 5.32 Å². The van der Waals surface area contributed by atoms with E-state index < -0.39 is 5.54 Å². The minimum atomic E-state index is -0.776. The predicted molar refractivity (Wildman–Crippen MR) is 57.9 cm³/mol. The van der Waals surface area contributed by atoms with E-state index in [2.05, 4.69) is 10.1 Å². The van der Waals surface area contributed by atoms with E-state index in [1.54, 1.807) is 24.3 Å². The van der Waals surface area contributed by atoms with Gasteiger partial charge in [0.25, 0.3) is 5.91 Å². The van der Waals surface area contributed by atoms with Gasteiger partial charge in [-0.2, -0.15) is 0 Å². The van der Waals surface area contributed by atoms with Gasteiger partial charge in [-0.15, -0.1) is 0 Å². The second-order valence-electron chi connectivity index (χ2n) is 3.89. The molecule has 0 bridgehead atoms. The fraction of sp³-hybridized carbons (Fsp3) is 0.333. The van der Waals surface area contributed by atoms with Gasteiger partial charge in [0, 0.05) is 5.56 Å². The van der Waals surface area contributed by atoms with E-state index >= 15 is 0 Å². The summed E-state index contributed by atoms with van der Waals surface area (Å²) in [6.07, 6.45) is 1.30. The number of carbonyl (C=O) groups excluding carboxylic acids is 2. The van der Waals surface area contributed by atoms with Crippen molar-refractivity contribution in [2.45, 2.75) is 18.4 Å². The number of hydrogen-bond acceptors (Lipinski definition) is 3. The topological polar surface area (TPSA) is 55.4 Å². The number of benzene rings is 1. The Bertz CT molecular complexity index is 410. The van der Waals surface area contributed by atoms with Crippen LogP contribution in [0.15, 0.2) is 30.3 Å². The molecular weight excluding hydrogens is 206 g/mol. The second kappa shape index (κ2) is 3.96. The van der Waals surface area contributed by atoms with E-state index in [9.17, 15) is 9.59 Å². The Labute approximate surface area is 93.6 Å². The molecule has 0 spiro atoms. The van der Waals surface area contributed by atoms with Crippen molar-refractivity contribution in [1.29, 1.82) is 0 Å². The van der Waals surface area contributed by atoms with Crippen molar-refractivity contribution in [3.05, 3.63) is 35.9 Å². The zero-order chi connectivity index (χ0) is 11.6. The predicted octanol–water partition coefficient (Wildman–Crippen LogP) is 1.12. The lowest BCUT2D eigenvalue weighted by molar-refractivity contribution is -0.144. The number of hydrogen-bond donors (Lipinski definition) is 1. The SMILES string of the molecule is COC(=O)C1(NC(=O)c2ccccc2)CC1. The summed E-state index contributed by atoms with van der Waals surface area (Å²) in [5.41, 5.74) is -0.223. The quantitative estimate of drug-likeness (QED) is 0.775. The lowest BCUT2D eigenvalue weighted by Crippen LogP contribution is -2.43. The smallest absolute Gasteiger partial charge is 0.331 e.